The summed E-state index contributed by atoms with van der Waals surface area (Å²) in [6.45, 7) is 0. The molecule has 0 saturated heterocycles. The third-order valence-electron chi connectivity index (χ3n) is 3.71. The van der Waals surface area contributed by atoms with Crippen molar-refractivity contribution in [2.24, 2.45) is 7.05 Å². The fourth-order valence-corrected chi connectivity index (χ4v) is 2.70. The first kappa shape index (κ1) is 12.0. The molecule has 0 bridgehead atoms. The quantitative estimate of drug-likeness (QED) is 0.528. The van der Waals surface area contributed by atoms with Crippen LogP contribution in [-0.4, -0.2) is 14.5 Å². The minimum Gasteiger partial charge on any atom is -0.327 e. The van der Waals surface area contributed by atoms with E-state index in [1.807, 2.05) is 35.9 Å². The van der Waals surface area contributed by atoms with Crippen molar-refractivity contribution in [1.82, 2.24) is 14.5 Å². The van der Waals surface area contributed by atoms with Gasteiger partial charge < -0.3 is 4.57 Å². The van der Waals surface area contributed by atoms with E-state index in [1.54, 1.807) is 18.3 Å². The molecule has 0 spiro atoms. The van der Waals surface area contributed by atoms with Gasteiger partial charge in [0.1, 0.15) is 17.2 Å². The molecule has 0 aliphatic carbocycles. The molecule has 0 N–H and O–H groups in total. The van der Waals surface area contributed by atoms with E-state index < -0.39 is 0 Å². The van der Waals surface area contributed by atoms with Crippen LogP contribution in [0.15, 0.2) is 54.7 Å². The zero-order chi connectivity index (χ0) is 14.4. The lowest BCUT2D eigenvalue weighted by Crippen LogP contribution is -1.93. The van der Waals surface area contributed by atoms with Crippen LogP contribution in [0.1, 0.15) is 0 Å². The smallest absolute Gasteiger partial charge is 0.140 e. The molecule has 2 aromatic carbocycles. The molecule has 0 saturated carbocycles. The zero-order valence-corrected chi connectivity index (χ0v) is 11.4. The SMILES string of the molecule is Cn1c(-c2ccc(F)cc2)nc2cnc3ccccc3c21. The van der Waals surface area contributed by atoms with Gasteiger partial charge in [0, 0.05) is 18.0 Å². The van der Waals surface area contributed by atoms with Gasteiger partial charge in [0.25, 0.3) is 0 Å². The van der Waals surface area contributed by atoms with E-state index in [0.29, 0.717) is 0 Å². The van der Waals surface area contributed by atoms with Crippen LogP contribution in [0.3, 0.4) is 0 Å². The third-order valence-corrected chi connectivity index (χ3v) is 3.71. The second-order valence-electron chi connectivity index (χ2n) is 5.01. The summed E-state index contributed by atoms with van der Waals surface area (Å²) in [5.41, 5.74) is 3.72. The molecule has 0 amide bonds. The maximum absolute atomic E-state index is 13.1. The number of halogens is 1. The highest BCUT2D eigenvalue weighted by Crippen LogP contribution is 2.28. The number of hydrogen-bond acceptors (Lipinski definition) is 2. The number of pyridine rings is 1. The number of benzene rings is 2. The second kappa shape index (κ2) is 4.38. The highest BCUT2D eigenvalue weighted by molar-refractivity contribution is 6.03. The Bertz CT molecular complexity index is 955. The highest BCUT2D eigenvalue weighted by Gasteiger charge is 2.12. The van der Waals surface area contributed by atoms with E-state index in [9.17, 15) is 4.39 Å². The fourth-order valence-electron chi connectivity index (χ4n) is 2.70. The van der Waals surface area contributed by atoms with Crippen molar-refractivity contribution in [3.05, 3.63) is 60.5 Å². The van der Waals surface area contributed by atoms with Crippen molar-refractivity contribution in [2.75, 3.05) is 0 Å². The highest BCUT2D eigenvalue weighted by atomic mass is 19.1. The third kappa shape index (κ3) is 1.80. The van der Waals surface area contributed by atoms with E-state index in [-0.39, 0.29) is 5.82 Å². The fraction of sp³-hybridized carbons (Fsp3) is 0.0588. The minimum atomic E-state index is -0.246. The van der Waals surface area contributed by atoms with Gasteiger partial charge in [-0.1, -0.05) is 18.2 Å². The van der Waals surface area contributed by atoms with E-state index >= 15 is 0 Å². The predicted molar refractivity (Wildman–Crippen MR) is 81.4 cm³/mol. The first-order valence-electron chi connectivity index (χ1n) is 6.70. The normalized spacial score (nSPS) is 11.3. The molecule has 0 aliphatic rings. The van der Waals surface area contributed by atoms with E-state index in [0.717, 1.165) is 33.3 Å². The van der Waals surface area contributed by atoms with Crippen LogP contribution in [0.2, 0.25) is 0 Å². The summed E-state index contributed by atoms with van der Waals surface area (Å²) in [7, 11) is 1.97. The summed E-state index contributed by atoms with van der Waals surface area (Å²) in [5.74, 6) is 0.563. The Balaban J connectivity index is 2.06. The Morgan fingerprint density at radius 1 is 0.952 bits per heavy atom. The summed E-state index contributed by atoms with van der Waals surface area (Å²) >= 11 is 0. The van der Waals surface area contributed by atoms with Crippen molar-refractivity contribution < 1.29 is 4.39 Å². The van der Waals surface area contributed by atoms with Crippen molar-refractivity contribution >= 4 is 21.9 Å². The summed E-state index contributed by atoms with van der Waals surface area (Å²) in [5, 5.41) is 1.07. The molecule has 2 heterocycles. The van der Waals surface area contributed by atoms with Gasteiger partial charge in [-0.2, -0.15) is 0 Å². The van der Waals surface area contributed by atoms with Crippen LogP contribution in [0, 0.1) is 5.82 Å². The van der Waals surface area contributed by atoms with Gasteiger partial charge in [0.05, 0.1) is 17.2 Å². The van der Waals surface area contributed by atoms with Crippen LogP contribution >= 0.6 is 0 Å². The van der Waals surface area contributed by atoms with Crippen LogP contribution in [-0.2, 0) is 7.05 Å². The molecule has 102 valence electrons. The first-order valence-corrected chi connectivity index (χ1v) is 6.70. The summed E-state index contributed by atoms with van der Waals surface area (Å²) in [6.07, 6.45) is 1.78. The minimum absolute atomic E-state index is 0.246. The summed E-state index contributed by atoms with van der Waals surface area (Å²) < 4.78 is 15.1. The molecule has 0 unspecified atom stereocenters. The maximum atomic E-state index is 13.1. The van der Waals surface area contributed by atoms with Crippen LogP contribution in [0.5, 0.6) is 0 Å². The number of aryl methyl sites for hydroxylation is 1. The molecular formula is C17H12FN3. The van der Waals surface area contributed by atoms with Crippen LogP contribution < -0.4 is 0 Å². The lowest BCUT2D eigenvalue weighted by atomic mass is 10.2. The average Bonchev–Trinajstić information content (AvgIpc) is 2.86. The molecule has 0 atom stereocenters. The summed E-state index contributed by atoms with van der Waals surface area (Å²) in [4.78, 5) is 9.08. The molecule has 4 heteroatoms. The predicted octanol–water partition coefficient (Wildman–Crippen LogP) is 3.93. The van der Waals surface area contributed by atoms with E-state index in [2.05, 4.69) is 9.97 Å². The maximum Gasteiger partial charge on any atom is 0.140 e. The molecule has 4 aromatic rings. The lowest BCUT2D eigenvalue weighted by Gasteiger charge is -2.04. The molecule has 2 aromatic heterocycles. The van der Waals surface area contributed by atoms with Gasteiger partial charge in [-0.05, 0) is 30.3 Å². The Kier molecular flexibility index (Phi) is 2.51. The standard InChI is InChI=1S/C17H12FN3/c1-21-16-13-4-2-3-5-14(13)19-10-15(16)20-17(21)11-6-8-12(18)9-7-11/h2-10H,1H3. The van der Waals surface area contributed by atoms with Crippen LogP contribution in [0.4, 0.5) is 4.39 Å². The topological polar surface area (TPSA) is 30.7 Å². The molecular weight excluding hydrogens is 265 g/mol. The van der Waals surface area contributed by atoms with Gasteiger partial charge in [-0.15, -0.1) is 0 Å². The largest absolute Gasteiger partial charge is 0.327 e. The number of fused-ring (bicyclic) bond motifs is 3. The van der Waals surface area contributed by atoms with Crippen LogP contribution in [0.25, 0.3) is 33.3 Å². The molecule has 4 rings (SSSR count). The first-order chi connectivity index (χ1) is 10.2. The molecule has 3 nitrogen and oxygen atoms in total. The molecule has 21 heavy (non-hydrogen) atoms. The van der Waals surface area contributed by atoms with Gasteiger partial charge >= 0.3 is 0 Å². The van der Waals surface area contributed by atoms with Crippen molar-refractivity contribution in [1.29, 1.82) is 0 Å². The Hall–Kier alpha value is -2.75. The van der Waals surface area contributed by atoms with Gasteiger partial charge in [0.2, 0.25) is 0 Å². The second-order valence-corrected chi connectivity index (χ2v) is 5.01. The van der Waals surface area contributed by atoms with Crippen molar-refractivity contribution in [2.45, 2.75) is 0 Å². The van der Waals surface area contributed by atoms with E-state index in [4.69, 9.17) is 0 Å². The van der Waals surface area contributed by atoms with Gasteiger partial charge in [-0.3, -0.25) is 4.98 Å². The van der Waals surface area contributed by atoms with Gasteiger partial charge in [-0.25, -0.2) is 9.37 Å². The number of aromatic nitrogens is 3. The average molecular weight is 277 g/mol. The van der Waals surface area contributed by atoms with Crippen molar-refractivity contribution in [3.8, 4) is 11.4 Å². The monoisotopic (exact) mass is 277 g/mol. The van der Waals surface area contributed by atoms with E-state index in [1.165, 1.54) is 12.1 Å². The summed E-state index contributed by atoms with van der Waals surface area (Å²) in [6, 6.07) is 14.4. The zero-order valence-electron chi connectivity index (χ0n) is 11.4. The molecule has 0 fully saturated rings. The molecule has 0 aliphatic heterocycles. The Morgan fingerprint density at radius 2 is 1.71 bits per heavy atom. The number of nitrogens with zero attached hydrogens (tertiary/aromatic N) is 3. The van der Waals surface area contributed by atoms with Crippen molar-refractivity contribution in [3.63, 3.8) is 0 Å². The number of para-hydroxylation sites is 1. The number of rotatable bonds is 1. The number of imidazole rings is 1. The van der Waals surface area contributed by atoms with Gasteiger partial charge in [0.15, 0.2) is 0 Å². The lowest BCUT2D eigenvalue weighted by molar-refractivity contribution is 0.628. The Labute approximate surface area is 120 Å². The Morgan fingerprint density at radius 3 is 2.52 bits per heavy atom. The molecule has 0 radical (unpaired) electrons. The number of hydrogen-bond donors (Lipinski definition) is 0.